The lowest BCUT2D eigenvalue weighted by molar-refractivity contribution is 0.102. The summed E-state index contributed by atoms with van der Waals surface area (Å²) in [6.07, 6.45) is 1.43. The smallest absolute Gasteiger partial charge is 0.259 e. The minimum absolute atomic E-state index is 0.226. The number of benzene rings is 1. The number of H-pyrrole nitrogens is 1. The summed E-state index contributed by atoms with van der Waals surface area (Å²) >= 11 is 0. The summed E-state index contributed by atoms with van der Waals surface area (Å²) in [4.78, 5) is 11.9. The lowest BCUT2D eigenvalue weighted by atomic mass is 10.1. The van der Waals surface area contributed by atoms with Gasteiger partial charge in [0.05, 0.1) is 22.9 Å². The Morgan fingerprint density at radius 1 is 1.32 bits per heavy atom. The highest BCUT2D eigenvalue weighted by Gasteiger charge is 2.12. The molecule has 0 bridgehead atoms. The molecule has 0 aliphatic carbocycles. The zero-order valence-electron chi connectivity index (χ0n) is 10.1. The summed E-state index contributed by atoms with van der Waals surface area (Å²) in [5.41, 5.74) is 2.06. The number of aromatic amines is 1. The molecule has 6 nitrogen and oxygen atoms in total. The molecule has 0 fully saturated rings. The Balaban J connectivity index is 2.26. The number of nitrogens with zero attached hydrogens (tertiary/aromatic N) is 3. The molecule has 0 unspecified atom stereocenters. The highest BCUT2D eigenvalue weighted by Crippen LogP contribution is 2.16. The SMILES string of the molecule is Cc1[nH]ncc1C(=O)Nc1ccc(C#N)c(C#N)c1. The third-order valence-electron chi connectivity index (χ3n) is 2.59. The van der Waals surface area contributed by atoms with Crippen LogP contribution in [-0.2, 0) is 0 Å². The van der Waals surface area contributed by atoms with E-state index in [1.807, 2.05) is 12.1 Å². The summed E-state index contributed by atoms with van der Waals surface area (Å²) in [5.74, 6) is -0.320. The molecule has 0 aliphatic heterocycles. The largest absolute Gasteiger partial charge is 0.322 e. The molecular weight excluding hydrogens is 242 g/mol. The molecule has 1 aromatic carbocycles. The van der Waals surface area contributed by atoms with E-state index < -0.39 is 0 Å². The Morgan fingerprint density at radius 2 is 2.05 bits per heavy atom. The van der Waals surface area contributed by atoms with Gasteiger partial charge in [0.25, 0.3) is 5.91 Å². The van der Waals surface area contributed by atoms with Crippen LogP contribution in [0.15, 0.2) is 24.4 Å². The Bertz CT molecular complexity index is 717. The van der Waals surface area contributed by atoms with Gasteiger partial charge in [-0.2, -0.15) is 15.6 Å². The zero-order chi connectivity index (χ0) is 13.8. The summed E-state index contributed by atoms with van der Waals surface area (Å²) in [7, 11) is 0. The van der Waals surface area contributed by atoms with Crippen molar-refractivity contribution in [2.45, 2.75) is 6.92 Å². The van der Waals surface area contributed by atoms with Gasteiger partial charge < -0.3 is 5.32 Å². The number of hydrogen-bond acceptors (Lipinski definition) is 4. The Kier molecular flexibility index (Phi) is 3.26. The maximum absolute atomic E-state index is 11.9. The summed E-state index contributed by atoms with van der Waals surface area (Å²) in [6, 6.07) is 8.36. The molecule has 0 radical (unpaired) electrons. The molecule has 0 atom stereocenters. The van der Waals surface area contributed by atoms with Gasteiger partial charge in [0.15, 0.2) is 0 Å². The van der Waals surface area contributed by atoms with Crippen molar-refractivity contribution in [3.63, 3.8) is 0 Å². The first-order chi connectivity index (χ1) is 9.15. The number of aryl methyl sites for hydroxylation is 1. The standard InChI is InChI=1S/C13H9N5O/c1-8-12(7-16-18-8)13(19)17-11-3-2-9(5-14)10(4-11)6-15/h2-4,7H,1H3,(H,16,18)(H,17,19). The number of nitrogens with one attached hydrogen (secondary N) is 2. The van der Waals surface area contributed by atoms with Gasteiger partial charge in [-0.3, -0.25) is 9.89 Å². The van der Waals surface area contributed by atoms with E-state index in [9.17, 15) is 4.79 Å². The summed E-state index contributed by atoms with van der Waals surface area (Å²) in [6.45, 7) is 1.74. The molecule has 2 aromatic rings. The average Bonchev–Trinajstić information content (AvgIpc) is 2.85. The fourth-order valence-corrected chi connectivity index (χ4v) is 1.59. The second-order valence-electron chi connectivity index (χ2n) is 3.85. The van der Waals surface area contributed by atoms with Gasteiger partial charge in [0.2, 0.25) is 0 Å². The molecule has 2 rings (SSSR count). The number of anilines is 1. The molecule has 19 heavy (non-hydrogen) atoms. The van der Waals surface area contributed by atoms with E-state index >= 15 is 0 Å². The van der Waals surface area contributed by atoms with Gasteiger partial charge in [-0.1, -0.05) is 0 Å². The quantitative estimate of drug-likeness (QED) is 0.847. The van der Waals surface area contributed by atoms with E-state index in [-0.39, 0.29) is 17.0 Å². The van der Waals surface area contributed by atoms with Crippen molar-refractivity contribution in [2.75, 3.05) is 5.32 Å². The van der Waals surface area contributed by atoms with Crippen LogP contribution in [0.1, 0.15) is 27.2 Å². The third kappa shape index (κ3) is 2.43. The highest BCUT2D eigenvalue weighted by molar-refractivity contribution is 6.04. The summed E-state index contributed by atoms with van der Waals surface area (Å²) < 4.78 is 0. The maximum atomic E-state index is 11.9. The molecule has 1 amide bonds. The first kappa shape index (κ1) is 12.3. The van der Waals surface area contributed by atoms with E-state index in [1.54, 1.807) is 13.0 Å². The van der Waals surface area contributed by atoms with Crippen LogP contribution in [0.3, 0.4) is 0 Å². The monoisotopic (exact) mass is 251 g/mol. The number of carbonyl (C=O) groups is 1. The minimum Gasteiger partial charge on any atom is -0.322 e. The van der Waals surface area contributed by atoms with E-state index in [0.29, 0.717) is 16.9 Å². The Hall–Kier alpha value is -3.12. The maximum Gasteiger partial charge on any atom is 0.259 e. The van der Waals surface area contributed by atoms with E-state index in [4.69, 9.17) is 10.5 Å². The van der Waals surface area contributed by atoms with Gasteiger partial charge in [-0.15, -0.1) is 0 Å². The van der Waals surface area contributed by atoms with Crippen molar-refractivity contribution >= 4 is 11.6 Å². The zero-order valence-corrected chi connectivity index (χ0v) is 10.1. The Labute approximate surface area is 109 Å². The second-order valence-corrected chi connectivity index (χ2v) is 3.85. The van der Waals surface area contributed by atoms with Crippen molar-refractivity contribution in [2.24, 2.45) is 0 Å². The number of hydrogen-bond donors (Lipinski definition) is 2. The number of rotatable bonds is 2. The van der Waals surface area contributed by atoms with Crippen LogP contribution in [0.4, 0.5) is 5.69 Å². The van der Waals surface area contributed by atoms with Gasteiger partial charge in [0, 0.05) is 11.4 Å². The van der Waals surface area contributed by atoms with Gasteiger partial charge in [-0.25, -0.2) is 0 Å². The predicted molar refractivity (Wildman–Crippen MR) is 67.1 cm³/mol. The van der Waals surface area contributed by atoms with Crippen LogP contribution < -0.4 is 5.32 Å². The van der Waals surface area contributed by atoms with Crippen LogP contribution in [-0.4, -0.2) is 16.1 Å². The van der Waals surface area contributed by atoms with Gasteiger partial charge in [-0.05, 0) is 25.1 Å². The Morgan fingerprint density at radius 3 is 2.63 bits per heavy atom. The first-order valence-corrected chi connectivity index (χ1v) is 5.41. The molecule has 1 aromatic heterocycles. The topological polar surface area (TPSA) is 105 Å². The van der Waals surface area contributed by atoms with Crippen LogP contribution in [0.5, 0.6) is 0 Å². The van der Waals surface area contributed by atoms with Crippen molar-refractivity contribution in [1.29, 1.82) is 10.5 Å². The van der Waals surface area contributed by atoms with Gasteiger partial charge in [0.1, 0.15) is 12.1 Å². The lowest BCUT2D eigenvalue weighted by Crippen LogP contribution is -2.12. The molecule has 6 heteroatoms. The van der Waals surface area contributed by atoms with Crippen molar-refractivity contribution < 1.29 is 4.79 Å². The first-order valence-electron chi connectivity index (χ1n) is 5.41. The van der Waals surface area contributed by atoms with Crippen molar-refractivity contribution in [1.82, 2.24) is 10.2 Å². The fourth-order valence-electron chi connectivity index (χ4n) is 1.59. The average molecular weight is 251 g/mol. The molecular formula is C13H9N5O. The van der Waals surface area contributed by atoms with Crippen LogP contribution in [0, 0.1) is 29.6 Å². The van der Waals surface area contributed by atoms with Crippen LogP contribution >= 0.6 is 0 Å². The van der Waals surface area contributed by atoms with Crippen LogP contribution in [0.2, 0.25) is 0 Å². The lowest BCUT2D eigenvalue weighted by Gasteiger charge is -2.05. The summed E-state index contributed by atoms with van der Waals surface area (Å²) in [5, 5.41) is 26.8. The fraction of sp³-hybridized carbons (Fsp3) is 0.0769. The van der Waals surface area contributed by atoms with Crippen LogP contribution in [0.25, 0.3) is 0 Å². The minimum atomic E-state index is -0.320. The molecule has 0 spiro atoms. The van der Waals surface area contributed by atoms with E-state index in [0.717, 1.165) is 0 Å². The third-order valence-corrected chi connectivity index (χ3v) is 2.59. The van der Waals surface area contributed by atoms with E-state index in [1.165, 1.54) is 18.3 Å². The normalized spacial score (nSPS) is 9.42. The number of carbonyl (C=O) groups excluding carboxylic acids is 1. The van der Waals surface area contributed by atoms with Crippen molar-refractivity contribution in [3.05, 3.63) is 46.8 Å². The van der Waals surface area contributed by atoms with E-state index in [2.05, 4.69) is 15.5 Å². The molecule has 0 saturated carbocycles. The van der Waals surface area contributed by atoms with Crippen molar-refractivity contribution in [3.8, 4) is 12.1 Å². The number of aromatic nitrogens is 2. The number of nitriles is 2. The molecule has 92 valence electrons. The molecule has 0 aliphatic rings. The second kappa shape index (κ2) is 5.03. The molecule has 2 N–H and O–H groups in total. The predicted octanol–water partition coefficient (Wildman–Crippen LogP) is 1.71. The highest BCUT2D eigenvalue weighted by atomic mass is 16.1. The molecule has 1 heterocycles. The molecule has 0 saturated heterocycles. The van der Waals surface area contributed by atoms with Gasteiger partial charge >= 0.3 is 0 Å². The number of amides is 1.